The van der Waals surface area contributed by atoms with Crippen LogP contribution in [-0.4, -0.2) is 43.1 Å². The van der Waals surface area contributed by atoms with Crippen LogP contribution in [0.2, 0.25) is 0 Å². The Hall–Kier alpha value is -2.15. The van der Waals surface area contributed by atoms with Gasteiger partial charge in [-0.1, -0.05) is 51.5 Å². The molecule has 1 aliphatic heterocycles. The molecule has 1 aromatic carbocycles. The number of urea groups is 1. The van der Waals surface area contributed by atoms with Gasteiger partial charge in [0.2, 0.25) is 5.91 Å². The Morgan fingerprint density at radius 1 is 1.11 bits per heavy atom. The summed E-state index contributed by atoms with van der Waals surface area (Å²) < 4.78 is 20.4. The Balaban J connectivity index is 1.25. The molecule has 2 aliphatic carbocycles. The lowest BCUT2D eigenvalue weighted by Gasteiger charge is -2.37. The molecule has 6 nitrogen and oxygen atoms in total. The van der Waals surface area contributed by atoms with Crippen molar-refractivity contribution in [1.82, 2.24) is 15.5 Å². The van der Waals surface area contributed by atoms with Crippen molar-refractivity contribution >= 4 is 11.9 Å². The number of hydrogen-bond donors (Lipinski definition) is 2. The van der Waals surface area contributed by atoms with E-state index < -0.39 is 0 Å². The molecular formula is C29H44FN3O3. The molecule has 2 atom stereocenters. The van der Waals surface area contributed by atoms with Crippen molar-refractivity contribution < 1.29 is 18.7 Å². The molecule has 3 aliphatic rings. The molecule has 1 aromatic rings. The van der Waals surface area contributed by atoms with E-state index in [1.165, 1.54) is 37.7 Å². The number of amides is 3. The quantitative estimate of drug-likeness (QED) is 0.261. The van der Waals surface area contributed by atoms with E-state index in [1.54, 1.807) is 11.0 Å². The maximum Gasteiger partial charge on any atom is 0.324 e. The molecule has 2 saturated carbocycles. The number of carbonyl (C=O) groups excluding carboxylic acids is 2. The van der Waals surface area contributed by atoms with E-state index in [1.807, 2.05) is 12.1 Å². The van der Waals surface area contributed by atoms with Gasteiger partial charge in [-0.2, -0.15) is 0 Å². The summed E-state index contributed by atoms with van der Waals surface area (Å²) >= 11 is 0. The van der Waals surface area contributed by atoms with Gasteiger partial charge in [-0.3, -0.25) is 10.1 Å². The SMILES string of the molecule is CC1CCCCC(NCCCCCCCN2CCC(=O)NC2=O)(c2ccc(F)c(OCC3CC3)c2)C1. The van der Waals surface area contributed by atoms with Gasteiger partial charge in [-0.15, -0.1) is 0 Å². The first-order valence-corrected chi connectivity index (χ1v) is 14.2. The fraction of sp³-hybridized carbons (Fsp3) is 0.724. The maximum absolute atomic E-state index is 14.5. The molecule has 36 heavy (non-hydrogen) atoms. The second-order valence-corrected chi connectivity index (χ2v) is 11.3. The molecule has 1 heterocycles. The number of unbranched alkanes of at least 4 members (excludes halogenated alkanes) is 4. The summed E-state index contributed by atoms with van der Waals surface area (Å²) in [6, 6.07) is 5.27. The van der Waals surface area contributed by atoms with Crippen LogP contribution < -0.4 is 15.4 Å². The number of halogens is 1. The van der Waals surface area contributed by atoms with Crippen LogP contribution in [0.3, 0.4) is 0 Å². The summed E-state index contributed by atoms with van der Waals surface area (Å²) in [5.41, 5.74) is 1.04. The minimum Gasteiger partial charge on any atom is -0.490 e. The molecule has 2 N–H and O–H groups in total. The Morgan fingerprint density at radius 2 is 1.92 bits per heavy atom. The summed E-state index contributed by atoms with van der Waals surface area (Å²) in [4.78, 5) is 24.8. The minimum absolute atomic E-state index is 0.125. The zero-order valence-corrected chi connectivity index (χ0v) is 22.0. The summed E-state index contributed by atoms with van der Waals surface area (Å²) in [6.07, 6.45) is 14.0. The van der Waals surface area contributed by atoms with Crippen LogP contribution in [0, 0.1) is 17.7 Å². The molecule has 0 bridgehead atoms. The Labute approximate surface area is 215 Å². The molecule has 200 valence electrons. The lowest BCUT2D eigenvalue weighted by atomic mass is 9.80. The number of benzene rings is 1. The minimum atomic E-state index is -0.259. The molecule has 4 rings (SSSR count). The highest BCUT2D eigenvalue weighted by Gasteiger charge is 2.35. The zero-order valence-electron chi connectivity index (χ0n) is 22.0. The standard InChI is InChI=1S/C29H44FN3O3/c1-22-9-5-6-15-29(20-22,24-12-13-25(30)26(19-24)36-21-23-10-11-23)31-16-7-3-2-4-8-17-33-18-14-27(34)32-28(33)35/h12-13,19,22-23,31H,2-11,14-18,20-21H2,1H3,(H,32,34,35). The van der Waals surface area contributed by atoms with E-state index in [-0.39, 0.29) is 23.3 Å². The van der Waals surface area contributed by atoms with Gasteiger partial charge < -0.3 is 15.0 Å². The van der Waals surface area contributed by atoms with Crippen molar-refractivity contribution in [2.45, 2.75) is 95.9 Å². The van der Waals surface area contributed by atoms with E-state index in [0.717, 1.165) is 51.5 Å². The first-order valence-electron chi connectivity index (χ1n) is 14.2. The van der Waals surface area contributed by atoms with Crippen LogP contribution in [0.4, 0.5) is 9.18 Å². The van der Waals surface area contributed by atoms with Gasteiger partial charge in [-0.25, -0.2) is 9.18 Å². The first-order chi connectivity index (χ1) is 17.4. The van der Waals surface area contributed by atoms with Crippen molar-refractivity contribution in [3.05, 3.63) is 29.6 Å². The largest absolute Gasteiger partial charge is 0.490 e. The van der Waals surface area contributed by atoms with Crippen molar-refractivity contribution in [3.63, 3.8) is 0 Å². The van der Waals surface area contributed by atoms with E-state index in [4.69, 9.17) is 4.74 Å². The maximum atomic E-state index is 14.5. The van der Waals surface area contributed by atoms with Crippen molar-refractivity contribution in [2.75, 3.05) is 26.2 Å². The van der Waals surface area contributed by atoms with Crippen LogP contribution in [0.25, 0.3) is 0 Å². The molecule has 2 unspecified atom stereocenters. The lowest BCUT2D eigenvalue weighted by Crippen LogP contribution is -2.49. The third-order valence-electron chi connectivity index (χ3n) is 8.11. The fourth-order valence-corrected chi connectivity index (χ4v) is 5.75. The van der Waals surface area contributed by atoms with E-state index in [2.05, 4.69) is 17.6 Å². The number of nitrogens with one attached hydrogen (secondary N) is 2. The summed E-state index contributed by atoms with van der Waals surface area (Å²) in [5, 5.41) is 6.31. The Morgan fingerprint density at radius 3 is 2.72 bits per heavy atom. The normalized spacial score (nSPS) is 24.9. The number of nitrogens with zero attached hydrogens (tertiary/aromatic N) is 1. The predicted molar refractivity (Wildman–Crippen MR) is 139 cm³/mol. The topological polar surface area (TPSA) is 70.7 Å². The number of carbonyl (C=O) groups is 2. The molecule has 1 saturated heterocycles. The third-order valence-corrected chi connectivity index (χ3v) is 8.11. The van der Waals surface area contributed by atoms with Crippen molar-refractivity contribution in [2.24, 2.45) is 11.8 Å². The highest BCUT2D eigenvalue weighted by Crippen LogP contribution is 2.40. The average molecular weight is 502 g/mol. The lowest BCUT2D eigenvalue weighted by molar-refractivity contribution is -0.121. The molecule has 0 radical (unpaired) electrons. The summed E-state index contributed by atoms with van der Waals surface area (Å²) in [5.74, 6) is 1.20. The number of hydrogen-bond acceptors (Lipinski definition) is 4. The highest BCUT2D eigenvalue weighted by atomic mass is 19.1. The molecule has 0 spiro atoms. The van der Waals surface area contributed by atoms with Crippen LogP contribution >= 0.6 is 0 Å². The van der Waals surface area contributed by atoms with Crippen molar-refractivity contribution in [3.8, 4) is 5.75 Å². The number of rotatable bonds is 13. The number of ether oxygens (including phenoxy) is 1. The van der Waals surface area contributed by atoms with Crippen LogP contribution in [0.15, 0.2) is 18.2 Å². The number of imide groups is 1. The molecule has 0 aromatic heterocycles. The third kappa shape index (κ3) is 7.67. The Bertz CT molecular complexity index is 891. The smallest absolute Gasteiger partial charge is 0.324 e. The average Bonchev–Trinajstić information content (AvgIpc) is 3.69. The van der Waals surface area contributed by atoms with Gasteiger partial charge in [0.1, 0.15) is 0 Å². The highest BCUT2D eigenvalue weighted by molar-refractivity contribution is 5.96. The second kappa shape index (κ2) is 12.9. The monoisotopic (exact) mass is 501 g/mol. The van der Waals surface area contributed by atoms with Gasteiger partial charge >= 0.3 is 6.03 Å². The zero-order chi connectivity index (χ0) is 25.4. The van der Waals surface area contributed by atoms with Crippen LogP contribution in [0.5, 0.6) is 5.75 Å². The Kier molecular flexibility index (Phi) is 9.63. The molecule has 3 amide bonds. The summed E-state index contributed by atoms with van der Waals surface area (Å²) in [6.45, 7) is 5.16. The molecular weight excluding hydrogens is 457 g/mol. The van der Waals surface area contributed by atoms with Gasteiger partial charge in [0.25, 0.3) is 0 Å². The van der Waals surface area contributed by atoms with E-state index in [9.17, 15) is 14.0 Å². The second-order valence-electron chi connectivity index (χ2n) is 11.3. The first kappa shape index (κ1) is 26.9. The van der Waals surface area contributed by atoms with Crippen LogP contribution in [0.1, 0.15) is 96.0 Å². The van der Waals surface area contributed by atoms with Gasteiger partial charge in [0.15, 0.2) is 11.6 Å². The summed E-state index contributed by atoms with van der Waals surface area (Å²) in [7, 11) is 0. The van der Waals surface area contributed by atoms with Gasteiger partial charge in [0, 0.05) is 25.0 Å². The molecule has 3 fully saturated rings. The van der Waals surface area contributed by atoms with E-state index in [0.29, 0.717) is 43.7 Å². The van der Waals surface area contributed by atoms with Crippen LogP contribution in [-0.2, 0) is 10.3 Å². The van der Waals surface area contributed by atoms with E-state index >= 15 is 0 Å². The molecule has 7 heteroatoms. The van der Waals surface area contributed by atoms with Crippen molar-refractivity contribution in [1.29, 1.82) is 0 Å². The fourth-order valence-electron chi connectivity index (χ4n) is 5.75. The van der Waals surface area contributed by atoms with Gasteiger partial charge in [0.05, 0.1) is 6.61 Å². The van der Waals surface area contributed by atoms with Gasteiger partial charge in [-0.05, 0) is 74.6 Å². The predicted octanol–water partition coefficient (Wildman–Crippen LogP) is 5.89.